The first kappa shape index (κ1) is 15.5. The minimum absolute atomic E-state index is 0.212. The van der Waals surface area contributed by atoms with Gasteiger partial charge in [-0.05, 0) is 70.3 Å². The topological polar surface area (TPSA) is 0 Å². The second-order valence-electron chi connectivity index (χ2n) is 6.27. The normalized spacial score (nSPS) is 11.0. The van der Waals surface area contributed by atoms with Gasteiger partial charge < -0.3 is 0 Å². The van der Waals surface area contributed by atoms with Crippen LogP contribution in [0.25, 0.3) is 33.0 Å². The van der Waals surface area contributed by atoms with Gasteiger partial charge in [0.25, 0.3) is 0 Å². The summed E-state index contributed by atoms with van der Waals surface area (Å²) in [5.41, 5.74) is 4.16. The molecule has 0 N–H and O–H groups in total. The summed E-state index contributed by atoms with van der Waals surface area (Å²) in [6, 6.07) is 23.7. The number of hydrogen-bond acceptors (Lipinski definition) is 0. The molecule has 0 unspecified atom stereocenters. The molecule has 0 saturated heterocycles. The van der Waals surface area contributed by atoms with Crippen LogP contribution in [0.4, 0.5) is 8.78 Å². The lowest BCUT2D eigenvalue weighted by Crippen LogP contribution is -1.86. The average Bonchev–Trinajstić information content (AvgIpc) is 2.61. The van der Waals surface area contributed by atoms with E-state index < -0.39 is 0 Å². The van der Waals surface area contributed by atoms with E-state index in [1.165, 1.54) is 12.1 Å². The molecule has 4 aromatic rings. The number of benzene rings is 4. The van der Waals surface area contributed by atoms with Crippen LogP contribution in [0.3, 0.4) is 0 Å². The summed E-state index contributed by atoms with van der Waals surface area (Å²) in [6.07, 6.45) is 0. The van der Waals surface area contributed by atoms with Gasteiger partial charge in [0.1, 0.15) is 11.6 Å². The van der Waals surface area contributed by atoms with Gasteiger partial charge in [-0.2, -0.15) is 0 Å². The molecule has 0 aliphatic carbocycles. The number of hydrogen-bond donors (Lipinski definition) is 0. The summed E-state index contributed by atoms with van der Waals surface area (Å²) in [5.74, 6) is -0.460. The van der Waals surface area contributed by atoms with Gasteiger partial charge in [-0.1, -0.05) is 48.5 Å². The summed E-state index contributed by atoms with van der Waals surface area (Å²) in [4.78, 5) is 0. The van der Waals surface area contributed by atoms with E-state index in [0.717, 1.165) is 33.0 Å². The summed E-state index contributed by atoms with van der Waals surface area (Å²) in [5, 5.41) is 2.07. The smallest absolute Gasteiger partial charge is 0.131 e. The van der Waals surface area contributed by atoms with E-state index in [9.17, 15) is 8.78 Å². The molecule has 0 spiro atoms. The molecule has 0 radical (unpaired) electrons. The molecule has 0 nitrogen and oxygen atoms in total. The van der Waals surface area contributed by atoms with Gasteiger partial charge >= 0.3 is 0 Å². The van der Waals surface area contributed by atoms with Gasteiger partial charge in [0.2, 0.25) is 0 Å². The van der Waals surface area contributed by atoms with Crippen molar-refractivity contribution in [2.24, 2.45) is 0 Å². The maximum absolute atomic E-state index is 14.2. The summed E-state index contributed by atoms with van der Waals surface area (Å²) in [6.45, 7) is 1.88. The molecule has 0 aromatic heterocycles. The van der Waals surface area contributed by atoms with Crippen LogP contribution in [0.5, 0.6) is 0 Å². The third kappa shape index (κ3) is 3.03. The molecule has 25 heavy (non-hydrogen) atoms. The molecule has 0 atom stereocenters. The SMILES string of the molecule is Cc1ccc(-c2ccc3cc(-c4cccc(F)c4)ccc3c2)c(F)c1. The lowest BCUT2D eigenvalue weighted by molar-refractivity contribution is 0.628. The highest BCUT2D eigenvalue weighted by atomic mass is 19.1. The van der Waals surface area contributed by atoms with Crippen molar-refractivity contribution in [1.29, 1.82) is 0 Å². The van der Waals surface area contributed by atoms with Gasteiger partial charge in [0.05, 0.1) is 0 Å². The van der Waals surface area contributed by atoms with E-state index in [-0.39, 0.29) is 11.6 Å². The monoisotopic (exact) mass is 330 g/mol. The molecular weight excluding hydrogens is 314 g/mol. The highest BCUT2D eigenvalue weighted by Gasteiger charge is 2.07. The Kier molecular flexibility index (Phi) is 3.81. The summed E-state index contributed by atoms with van der Waals surface area (Å²) in [7, 11) is 0. The van der Waals surface area contributed by atoms with Crippen LogP contribution in [0.15, 0.2) is 78.9 Å². The highest BCUT2D eigenvalue weighted by molar-refractivity contribution is 5.90. The van der Waals surface area contributed by atoms with Crippen LogP contribution in [0.2, 0.25) is 0 Å². The number of aryl methyl sites for hydroxylation is 1. The van der Waals surface area contributed by atoms with E-state index >= 15 is 0 Å². The molecular formula is C23H16F2. The first-order valence-electron chi connectivity index (χ1n) is 8.16. The Labute approximate surface area is 145 Å². The third-order valence-electron chi connectivity index (χ3n) is 4.43. The predicted octanol–water partition coefficient (Wildman–Crippen LogP) is 6.76. The van der Waals surface area contributed by atoms with E-state index in [4.69, 9.17) is 0 Å². The van der Waals surface area contributed by atoms with Crippen molar-refractivity contribution in [2.75, 3.05) is 0 Å². The molecule has 4 aromatic carbocycles. The summed E-state index contributed by atoms with van der Waals surface area (Å²) < 4.78 is 27.7. The van der Waals surface area contributed by atoms with E-state index in [1.807, 2.05) is 61.5 Å². The van der Waals surface area contributed by atoms with Crippen molar-refractivity contribution in [3.63, 3.8) is 0 Å². The maximum atomic E-state index is 14.2. The lowest BCUT2D eigenvalue weighted by atomic mass is 9.97. The lowest BCUT2D eigenvalue weighted by Gasteiger charge is -2.08. The Morgan fingerprint density at radius 2 is 1.28 bits per heavy atom. The van der Waals surface area contributed by atoms with Crippen molar-refractivity contribution < 1.29 is 8.78 Å². The second-order valence-corrected chi connectivity index (χ2v) is 6.27. The quantitative estimate of drug-likeness (QED) is 0.381. The second kappa shape index (κ2) is 6.14. The van der Waals surface area contributed by atoms with Crippen LogP contribution < -0.4 is 0 Å². The maximum Gasteiger partial charge on any atom is 0.131 e. The van der Waals surface area contributed by atoms with E-state index in [2.05, 4.69) is 0 Å². The van der Waals surface area contributed by atoms with Gasteiger partial charge in [0.15, 0.2) is 0 Å². The molecule has 2 heteroatoms. The van der Waals surface area contributed by atoms with Crippen LogP contribution in [-0.2, 0) is 0 Å². The van der Waals surface area contributed by atoms with Gasteiger partial charge in [-0.25, -0.2) is 8.78 Å². The largest absolute Gasteiger partial charge is 0.207 e. The third-order valence-corrected chi connectivity index (χ3v) is 4.43. The van der Waals surface area contributed by atoms with Crippen LogP contribution >= 0.6 is 0 Å². The Morgan fingerprint density at radius 1 is 0.600 bits per heavy atom. The van der Waals surface area contributed by atoms with Crippen molar-refractivity contribution in [3.05, 3.63) is 96.1 Å². The zero-order valence-corrected chi connectivity index (χ0v) is 13.8. The van der Waals surface area contributed by atoms with Gasteiger partial charge in [0, 0.05) is 5.56 Å². The van der Waals surface area contributed by atoms with Crippen molar-refractivity contribution in [3.8, 4) is 22.3 Å². The minimum Gasteiger partial charge on any atom is -0.207 e. The molecule has 4 rings (SSSR count). The fraction of sp³-hybridized carbons (Fsp3) is 0.0435. The Balaban J connectivity index is 1.79. The fourth-order valence-electron chi connectivity index (χ4n) is 3.12. The molecule has 0 fully saturated rings. The Bertz CT molecular complexity index is 1080. The van der Waals surface area contributed by atoms with Crippen LogP contribution in [0, 0.1) is 18.6 Å². The molecule has 0 amide bonds. The number of fused-ring (bicyclic) bond motifs is 1. The minimum atomic E-state index is -0.247. The molecule has 0 saturated carbocycles. The molecule has 122 valence electrons. The van der Waals surface area contributed by atoms with Crippen molar-refractivity contribution in [2.45, 2.75) is 6.92 Å². The van der Waals surface area contributed by atoms with Crippen molar-refractivity contribution >= 4 is 10.8 Å². The first-order chi connectivity index (χ1) is 12.1. The summed E-state index contributed by atoms with van der Waals surface area (Å²) >= 11 is 0. The number of halogens is 2. The average molecular weight is 330 g/mol. The predicted molar refractivity (Wildman–Crippen MR) is 99.5 cm³/mol. The Morgan fingerprint density at radius 3 is 2.00 bits per heavy atom. The molecule has 0 aliphatic rings. The zero-order valence-electron chi connectivity index (χ0n) is 13.8. The zero-order chi connectivity index (χ0) is 17.4. The molecule has 0 aliphatic heterocycles. The van der Waals surface area contributed by atoms with Gasteiger partial charge in [-0.15, -0.1) is 0 Å². The van der Waals surface area contributed by atoms with Crippen LogP contribution in [-0.4, -0.2) is 0 Å². The molecule has 0 heterocycles. The van der Waals surface area contributed by atoms with Crippen molar-refractivity contribution in [1.82, 2.24) is 0 Å². The molecule has 0 bridgehead atoms. The van der Waals surface area contributed by atoms with E-state index in [1.54, 1.807) is 12.1 Å². The number of rotatable bonds is 2. The van der Waals surface area contributed by atoms with Crippen LogP contribution in [0.1, 0.15) is 5.56 Å². The first-order valence-corrected chi connectivity index (χ1v) is 8.16. The van der Waals surface area contributed by atoms with Gasteiger partial charge in [-0.3, -0.25) is 0 Å². The van der Waals surface area contributed by atoms with E-state index in [0.29, 0.717) is 5.56 Å². The highest BCUT2D eigenvalue weighted by Crippen LogP contribution is 2.30. The Hall–Kier alpha value is -3.00. The fourth-order valence-corrected chi connectivity index (χ4v) is 3.12. The standard InChI is InChI=1S/C23H16F2/c1-15-5-10-22(23(25)11-15)20-9-8-18-12-17(6-7-19(18)13-20)16-3-2-4-21(24)14-16/h2-14H,1H3.